The van der Waals surface area contributed by atoms with E-state index in [1.807, 2.05) is 4.90 Å². The van der Waals surface area contributed by atoms with Gasteiger partial charge in [-0.3, -0.25) is 4.79 Å². The highest BCUT2D eigenvalue weighted by atomic mass is 32.2. The van der Waals surface area contributed by atoms with Crippen LogP contribution in [-0.4, -0.2) is 56.9 Å². The molecule has 5 nitrogen and oxygen atoms in total. The second-order valence-electron chi connectivity index (χ2n) is 5.82. The van der Waals surface area contributed by atoms with Crippen molar-refractivity contribution >= 4 is 15.7 Å². The average molecular weight is 288 g/mol. The highest BCUT2D eigenvalue weighted by Gasteiger charge is 2.30. The molecule has 2 fully saturated rings. The minimum Gasteiger partial charge on any atom is -0.342 e. The summed E-state index contributed by atoms with van der Waals surface area (Å²) in [6.07, 6.45) is 5.95. The number of hydrogen-bond acceptors (Lipinski definition) is 4. The molecule has 2 aliphatic rings. The van der Waals surface area contributed by atoms with E-state index in [4.69, 9.17) is 0 Å². The zero-order chi connectivity index (χ0) is 13.9. The zero-order valence-electron chi connectivity index (χ0n) is 11.6. The SMILES string of the molecule is CS(=O)(=O)CCC(=O)N1CCCC(C2CCCN2)C1. The standard InChI is InChI=1S/C13H24N2O3S/c1-19(17,18)9-6-13(16)15-8-3-4-11(10-15)12-5-2-7-14-12/h11-12,14H,2-10H2,1H3. The lowest BCUT2D eigenvalue weighted by molar-refractivity contribution is -0.132. The quantitative estimate of drug-likeness (QED) is 0.814. The van der Waals surface area contributed by atoms with Crippen LogP contribution < -0.4 is 5.32 Å². The van der Waals surface area contributed by atoms with Gasteiger partial charge in [-0.25, -0.2) is 8.42 Å². The molecule has 1 amide bonds. The van der Waals surface area contributed by atoms with Crippen LogP contribution in [0.5, 0.6) is 0 Å². The number of sulfone groups is 1. The predicted molar refractivity (Wildman–Crippen MR) is 74.7 cm³/mol. The van der Waals surface area contributed by atoms with E-state index in [0.717, 1.165) is 26.1 Å². The second kappa shape index (κ2) is 6.22. The summed E-state index contributed by atoms with van der Waals surface area (Å²) in [5.41, 5.74) is 0. The van der Waals surface area contributed by atoms with Crippen LogP contribution in [-0.2, 0) is 14.6 Å². The van der Waals surface area contributed by atoms with Gasteiger partial charge in [0, 0.05) is 31.8 Å². The van der Waals surface area contributed by atoms with E-state index in [0.29, 0.717) is 12.0 Å². The summed E-state index contributed by atoms with van der Waals surface area (Å²) < 4.78 is 22.2. The van der Waals surface area contributed by atoms with Gasteiger partial charge in [0.1, 0.15) is 9.84 Å². The second-order valence-corrected chi connectivity index (χ2v) is 8.08. The highest BCUT2D eigenvalue weighted by Crippen LogP contribution is 2.25. The molecular weight excluding hydrogens is 264 g/mol. The summed E-state index contributed by atoms with van der Waals surface area (Å²) in [4.78, 5) is 13.9. The number of rotatable bonds is 4. The van der Waals surface area contributed by atoms with Crippen molar-refractivity contribution in [2.24, 2.45) is 5.92 Å². The average Bonchev–Trinajstić information content (AvgIpc) is 2.89. The van der Waals surface area contributed by atoms with Gasteiger partial charge in [-0.2, -0.15) is 0 Å². The van der Waals surface area contributed by atoms with Crippen LogP contribution in [0.15, 0.2) is 0 Å². The zero-order valence-corrected chi connectivity index (χ0v) is 12.4. The maximum atomic E-state index is 12.0. The molecule has 0 bridgehead atoms. The molecule has 1 N–H and O–H groups in total. The van der Waals surface area contributed by atoms with Gasteiger partial charge in [0.25, 0.3) is 0 Å². The van der Waals surface area contributed by atoms with Crippen molar-refractivity contribution in [2.75, 3.05) is 31.6 Å². The fraction of sp³-hybridized carbons (Fsp3) is 0.923. The Bertz CT molecular complexity index is 416. The van der Waals surface area contributed by atoms with E-state index in [9.17, 15) is 13.2 Å². The van der Waals surface area contributed by atoms with Crippen molar-refractivity contribution in [1.82, 2.24) is 10.2 Å². The number of piperidine rings is 1. The Balaban J connectivity index is 1.84. The Hall–Kier alpha value is -0.620. The van der Waals surface area contributed by atoms with E-state index in [-0.39, 0.29) is 18.1 Å². The first-order valence-electron chi connectivity index (χ1n) is 7.14. The molecule has 2 aliphatic heterocycles. The molecule has 0 saturated carbocycles. The first-order valence-corrected chi connectivity index (χ1v) is 9.20. The van der Waals surface area contributed by atoms with Crippen molar-refractivity contribution < 1.29 is 13.2 Å². The molecular formula is C13H24N2O3S. The topological polar surface area (TPSA) is 66.5 Å². The molecule has 0 aromatic carbocycles. The number of carbonyl (C=O) groups is 1. The Morgan fingerprint density at radius 1 is 1.32 bits per heavy atom. The lowest BCUT2D eigenvalue weighted by Crippen LogP contribution is -2.46. The van der Waals surface area contributed by atoms with Crippen LogP contribution in [0.3, 0.4) is 0 Å². The van der Waals surface area contributed by atoms with E-state index < -0.39 is 9.84 Å². The number of carbonyl (C=O) groups excluding carboxylic acids is 1. The van der Waals surface area contributed by atoms with Crippen molar-refractivity contribution in [1.29, 1.82) is 0 Å². The molecule has 2 heterocycles. The Labute approximate surface area is 115 Å². The summed E-state index contributed by atoms with van der Waals surface area (Å²) in [7, 11) is -3.05. The predicted octanol–water partition coefficient (Wildman–Crippen LogP) is 0.412. The Morgan fingerprint density at radius 2 is 2.11 bits per heavy atom. The molecule has 0 aromatic rings. The number of nitrogens with zero attached hydrogens (tertiary/aromatic N) is 1. The van der Waals surface area contributed by atoms with Crippen LogP contribution >= 0.6 is 0 Å². The van der Waals surface area contributed by atoms with E-state index in [1.165, 1.54) is 25.5 Å². The van der Waals surface area contributed by atoms with Crippen molar-refractivity contribution in [2.45, 2.75) is 38.1 Å². The minimum absolute atomic E-state index is 0.00637. The van der Waals surface area contributed by atoms with E-state index in [1.54, 1.807) is 0 Å². The third-order valence-corrected chi connectivity index (χ3v) is 5.11. The van der Waals surface area contributed by atoms with Crippen LogP contribution in [0.1, 0.15) is 32.1 Å². The molecule has 2 unspecified atom stereocenters. The number of nitrogens with one attached hydrogen (secondary N) is 1. The van der Waals surface area contributed by atoms with Gasteiger partial charge in [-0.05, 0) is 38.1 Å². The van der Waals surface area contributed by atoms with Crippen LogP contribution in [0.2, 0.25) is 0 Å². The molecule has 110 valence electrons. The van der Waals surface area contributed by atoms with Gasteiger partial charge in [-0.1, -0.05) is 0 Å². The summed E-state index contributed by atoms with van der Waals surface area (Å²) in [5.74, 6) is 0.501. The molecule has 0 aromatic heterocycles. The maximum Gasteiger partial charge on any atom is 0.223 e. The molecule has 0 spiro atoms. The molecule has 2 rings (SSSR count). The lowest BCUT2D eigenvalue weighted by atomic mass is 9.89. The van der Waals surface area contributed by atoms with E-state index >= 15 is 0 Å². The number of amides is 1. The van der Waals surface area contributed by atoms with Crippen LogP contribution in [0, 0.1) is 5.92 Å². The Kier molecular flexibility index (Phi) is 4.84. The third kappa shape index (κ3) is 4.45. The minimum atomic E-state index is -3.05. The van der Waals surface area contributed by atoms with Crippen LogP contribution in [0.25, 0.3) is 0 Å². The lowest BCUT2D eigenvalue weighted by Gasteiger charge is -2.36. The fourth-order valence-electron chi connectivity index (χ4n) is 3.11. The van der Waals surface area contributed by atoms with Gasteiger partial charge in [0.05, 0.1) is 5.75 Å². The summed E-state index contributed by atoms with van der Waals surface area (Å²) >= 11 is 0. The Morgan fingerprint density at radius 3 is 2.74 bits per heavy atom. The normalized spacial score (nSPS) is 28.6. The first-order chi connectivity index (χ1) is 8.96. The van der Waals surface area contributed by atoms with Crippen molar-refractivity contribution in [3.8, 4) is 0 Å². The van der Waals surface area contributed by atoms with Gasteiger partial charge in [0.15, 0.2) is 0 Å². The van der Waals surface area contributed by atoms with Crippen LogP contribution in [0.4, 0.5) is 0 Å². The van der Waals surface area contributed by atoms with Gasteiger partial charge in [0.2, 0.25) is 5.91 Å². The maximum absolute atomic E-state index is 12.0. The van der Waals surface area contributed by atoms with Crippen molar-refractivity contribution in [3.05, 3.63) is 0 Å². The van der Waals surface area contributed by atoms with Gasteiger partial charge in [-0.15, -0.1) is 0 Å². The molecule has 0 radical (unpaired) electrons. The molecule has 2 saturated heterocycles. The smallest absolute Gasteiger partial charge is 0.223 e. The largest absolute Gasteiger partial charge is 0.342 e. The highest BCUT2D eigenvalue weighted by molar-refractivity contribution is 7.90. The number of hydrogen-bond donors (Lipinski definition) is 1. The van der Waals surface area contributed by atoms with Gasteiger partial charge < -0.3 is 10.2 Å². The molecule has 2 atom stereocenters. The van der Waals surface area contributed by atoms with Gasteiger partial charge >= 0.3 is 0 Å². The van der Waals surface area contributed by atoms with E-state index in [2.05, 4.69) is 5.32 Å². The summed E-state index contributed by atoms with van der Waals surface area (Å²) in [6.45, 7) is 2.66. The molecule has 6 heteroatoms. The van der Waals surface area contributed by atoms with Crippen molar-refractivity contribution in [3.63, 3.8) is 0 Å². The monoisotopic (exact) mass is 288 g/mol. The molecule has 0 aliphatic carbocycles. The number of likely N-dealkylation sites (tertiary alicyclic amines) is 1. The third-order valence-electron chi connectivity index (χ3n) is 4.16. The molecule has 19 heavy (non-hydrogen) atoms. The fourth-order valence-corrected chi connectivity index (χ4v) is 3.66. The summed E-state index contributed by atoms with van der Waals surface area (Å²) in [5, 5.41) is 3.51. The first kappa shape index (κ1) is 14.8. The summed E-state index contributed by atoms with van der Waals surface area (Å²) in [6, 6.07) is 0.547.